The standard InChI is InChI=1S/C17H29N5O2/c1-21-10-16(20-11-21)14-8-22(9-15(14)18)17(23)19-7-12-3-5-13(24-2)6-4-12/h10-15H,3-9,18H2,1-2H3,(H,19,23)/t12?,13?,14-,15-/m1/s1. The summed E-state index contributed by atoms with van der Waals surface area (Å²) >= 11 is 0. The molecule has 1 aromatic rings. The van der Waals surface area contributed by atoms with Crippen molar-refractivity contribution in [3.8, 4) is 0 Å². The van der Waals surface area contributed by atoms with Crippen LogP contribution in [0.4, 0.5) is 4.79 Å². The number of hydrogen-bond acceptors (Lipinski definition) is 4. The van der Waals surface area contributed by atoms with Crippen LogP contribution >= 0.6 is 0 Å². The molecule has 1 saturated carbocycles. The summed E-state index contributed by atoms with van der Waals surface area (Å²) in [5.74, 6) is 0.678. The third kappa shape index (κ3) is 3.89. The maximum absolute atomic E-state index is 12.4. The fraction of sp³-hybridized carbons (Fsp3) is 0.765. The summed E-state index contributed by atoms with van der Waals surface area (Å²) < 4.78 is 7.31. The molecular weight excluding hydrogens is 306 g/mol. The van der Waals surface area contributed by atoms with Crippen LogP contribution in [-0.2, 0) is 11.8 Å². The lowest BCUT2D eigenvalue weighted by molar-refractivity contribution is 0.0570. The lowest BCUT2D eigenvalue weighted by Gasteiger charge is -2.28. The second-order valence-electron chi connectivity index (χ2n) is 7.20. The number of likely N-dealkylation sites (tertiary alicyclic amines) is 1. The molecule has 1 aromatic heterocycles. The molecule has 1 saturated heterocycles. The number of amides is 2. The second-order valence-corrected chi connectivity index (χ2v) is 7.20. The molecule has 3 N–H and O–H groups in total. The van der Waals surface area contributed by atoms with E-state index in [-0.39, 0.29) is 18.0 Å². The van der Waals surface area contributed by atoms with Crippen molar-refractivity contribution in [3.63, 3.8) is 0 Å². The molecule has 0 bridgehead atoms. The highest BCUT2D eigenvalue weighted by molar-refractivity contribution is 5.74. The van der Waals surface area contributed by atoms with Crippen LogP contribution in [0.3, 0.4) is 0 Å². The maximum Gasteiger partial charge on any atom is 0.317 e. The minimum Gasteiger partial charge on any atom is -0.381 e. The predicted molar refractivity (Wildman–Crippen MR) is 91.7 cm³/mol. The number of methoxy groups -OCH3 is 1. The topological polar surface area (TPSA) is 85.4 Å². The minimum absolute atomic E-state index is 0.00209. The number of carbonyl (C=O) groups excluding carboxylic acids is 1. The number of nitrogens with two attached hydrogens (primary N) is 1. The highest BCUT2D eigenvalue weighted by Gasteiger charge is 2.35. The number of aromatic nitrogens is 2. The van der Waals surface area contributed by atoms with E-state index in [4.69, 9.17) is 10.5 Å². The number of nitrogens with zero attached hydrogens (tertiary/aromatic N) is 3. The Labute approximate surface area is 143 Å². The van der Waals surface area contributed by atoms with Crippen LogP contribution in [0.15, 0.2) is 12.5 Å². The lowest BCUT2D eigenvalue weighted by Crippen LogP contribution is -2.42. The zero-order valence-electron chi connectivity index (χ0n) is 14.6. The number of aryl methyl sites for hydroxylation is 1. The highest BCUT2D eigenvalue weighted by atomic mass is 16.5. The normalized spacial score (nSPS) is 30.5. The van der Waals surface area contributed by atoms with Gasteiger partial charge in [0, 0.05) is 51.9 Å². The number of hydrogen-bond donors (Lipinski definition) is 2. The van der Waals surface area contributed by atoms with Gasteiger partial charge < -0.3 is 25.3 Å². The van der Waals surface area contributed by atoms with Gasteiger partial charge in [-0.05, 0) is 31.6 Å². The molecule has 0 spiro atoms. The molecule has 0 unspecified atom stereocenters. The SMILES string of the molecule is COC1CCC(CNC(=O)N2C[C@@H](N)[C@H](c3cn(C)cn3)C2)CC1. The summed E-state index contributed by atoms with van der Waals surface area (Å²) in [6.07, 6.45) is 8.58. The predicted octanol–water partition coefficient (Wildman–Crippen LogP) is 1.06. The van der Waals surface area contributed by atoms with E-state index >= 15 is 0 Å². The summed E-state index contributed by atoms with van der Waals surface area (Å²) in [4.78, 5) is 18.7. The lowest BCUT2D eigenvalue weighted by atomic mass is 9.87. The number of carbonyl (C=O) groups is 1. The van der Waals surface area contributed by atoms with Gasteiger partial charge in [-0.25, -0.2) is 9.78 Å². The van der Waals surface area contributed by atoms with E-state index in [0.717, 1.165) is 37.9 Å². The Bertz CT molecular complexity index is 553. The third-order valence-corrected chi connectivity index (χ3v) is 5.43. The summed E-state index contributed by atoms with van der Waals surface area (Å²) in [5, 5.41) is 3.09. The Balaban J connectivity index is 1.46. The van der Waals surface area contributed by atoms with Crippen molar-refractivity contribution >= 4 is 6.03 Å². The molecule has 2 amide bonds. The highest BCUT2D eigenvalue weighted by Crippen LogP contribution is 2.27. The number of imidazole rings is 1. The summed E-state index contributed by atoms with van der Waals surface area (Å²) in [7, 11) is 3.72. The smallest absolute Gasteiger partial charge is 0.317 e. The number of nitrogens with one attached hydrogen (secondary N) is 1. The molecule has 2 fully saturated rings. The van der Waals surface area contributed by atoms with Gasteiger partial charge in [-0.3, -0.25) is 0 Å². The first kappa shape index (κ1) is 17.2. The monoisotopic (exact) mass is 335 g/mol. The van der Waals surface area contributed by atoms with Gasteiger partial charge in [-0.15, -0.1) is 0 Å². The first-order valence-electron chi connectivity index (χ1n) is 8.85. The van der Waals surface area contributed by atoms with Crippen molar-refractivity contribution < 1.29 is 9.53 Å². The minimum atomic E-state index is -0.0530. The number of rotatable bonds is 4. The summed E-state index contributed by atoms with van der Waals surface area (Å²) in [5.41, 5.74) is 7.20. The van der Waals surface area contributed by atoms with E-state index in [1.54, 1.807) is 13.4 Å². The molecule has 3 rings (SSSR count). The van der Waals surface area contributed by atoms with Crippen molar-refractivity contribution in [1.82, 2.24) is 19.8 Å². The van der Waals surface area contributed by atoms with Crippen LogP contribution in [0.5, 0.6) is 0 Å². The van der Waals surface area contributed by atoms with Gasteiger partial charge in [-0.1, -0.05) is 0 Å². The quantitative estimate of drug-likeness (QED) is 0.862. The van der Waals surface area contributed by atoms with Crippen molar-refractivity contribution in [3.05, 3.63) is 18.2 Å². The van der Waals surface area contributed by atoms with Crippen LogP contribution in [0.2, 0.25) is 0 Å². The Hall–Kier alpha value is -1.60. The summed E-state index contributed by atoms with van der Waals surface area (Å²) in [6.45, 7) is 1.97. The van der Waals surface area contributed by atoms with Gasteiger partial charge in [0.05, 0.1) is 18.1 Å². The van der Waals surface area contributed by atoms with E-state index in [0.29, 0.717) is 25.1 Å². The van der Waals surface area contributed by atoms with E-state index in [9.17, 15) is 4.79 Å². The van der Waals surface area contributed by atoms with E-state index < -0.39 is 0 Å². The van der Waals surface area contributed by atoms with Crippen LogP contribution in [0.25, 0.3) is 0 Å². The number of urea groups is 1. The molecule has 24 heavy (non-hydrogen) atoms. The van der Waals surface area contributed by atoms with E-state index in [1.807, 2.05) is 22.7 Å². The Kier molecular flexibility index (Phi) is 5.40. The van der Waals surface area contributed by atoms with Crippen molar-refractivity contribution in [2.75, 3.05) is 26.7 Å². The fourth-order valence-electron chi connectivity index (χ4n) is 3.85. The van der Waals surface area contributed by atoms with Gasteiger partial charge in [-0.2, -0.15) is 0 Å². The van der Waals surface area contributed by atoms with Gasteiger partial charge in [0.15, 0.2) is 0 Å². The average Bonchev–Trinajstić information content (AvgIpc) is 3.18. The third-order valence-electron chi connectivity index (χ3n) is 5.43. The molecule has 1 aliphatic carbocycles. The molecule has 134 valence electrons. The Morgan fingerprint density at radius 1 is 1.38 bits per heavy atom. The number of ether oxygens (including phenoxy) is 1. The fourth-order valence-corrected chi connectivity index (χ4v) is 3.85. The first-order valence-corrected chi connectivity index (χ1v) is 8.85. The average molecular weight is 335 g/mol. The molecule has 0 aromatic carbocycles. The van der Waals surface area contributed by atoms with Crippen LogP contribution in [0.1, 0.15) is 37.3 Å². The van der Waals surface area contributed by atoms with Crippen LogP contribution < -0.4 is 11.1 Å². The Morgan fingerprint density at radius 2 is 2.12 bits per heavy atom. The molecule has 2 atom stereocenters. The zero-order valence-corrected chi connectivity index (χ0v) is 14.6. The Morgan fingerprint density at radius 3 is 2.75 bits per heavy atom. The second kappa shape index (κ2) is 7.53. The molecular formula is C17H29N5O2. The summed E-state index contributed by atoms with van der Waals surface area (Å²) in [6, 6.07) is -0.0551. The van der Waals surface area contributed by atoms with Crippen molar-refractivity contribution in [1.29, 1.82) is 0 Å². The van der Waals surface area contributed by atoms with Gasteiger partial charge in [0.25, 0.3) is 0 Å². The molecule has 0 radical (unpaired) electrons. The van der Waals surface area contributed by atoms with Crippen molar-refractivity contribution in [2.45, 2.75) is 43.7 Å². The van der Waals surface area contributed by atoms with Gasteiger partial charge in [0.1, 0.15) is 0 Å². The van der Waals surface area contributed by atoms with Crippen molar-refractivity contribution in [2.24, 2.45) is 18.7 Å². The molecule has 7 nitrogen and oxygen atoms in total. The van der Waals surface area contributed by atoms with Crippen LogP contribution in [-0.4, -0.2) is 59.4 Å². The molecule has 7 heteroatoms. The zero-order chi connectivity index (χ0) is 17.1. The molecule has 2 heterocycles. The van der Waals surface area contributed by atoms with Gasteiger partial charge >= 0.3 is 6.03 Å². The van der Waals surface area contributed by atoms with Gasteiger partial charge in [0.2, 0.25) is 0 Å². The molecule has 1 aliphatic heterocycles. The van der Waals surface area contributed by atoms with E-state index in [1.165, 1.54) is 0 Å². The maximum atomic E-state index is 12.4. The van der Waals surface area contributed by atoms with Crippen LogP contribution in [0, 0.1) is 5.92 Å². The first-order chi connectivity index (χ1) is 11.6. The largest absolute Gasteiger partial charge is 0.381 e. The van der Waals surface area contributed by atoms with E-state index in [2.05, 4.69) is 10.3 Å². The molecule has 2 aliphatic rings.